The van der Waals surface area contributed by atoms with Crippen LogP contribution in [-0.2, 0) is 0 Å². The molecular weight excluding hydrogens is 298 g/mol. The highest BCUT2D eigenvalue weighted by Crippen LogP contribution is 2.20. The van der Waals surface area contributed by atoms with Crippen LogP contribution >= 0.6 is 11.5 Å². The van der Waals surface area contributed by atoms with Crippen LogP contribution in [-0.4, -0.2) is 16.1 Å². The second-order valence-corrected chi connectivity index (χ2v) is 5.51. The highest BCUT2D eigenvalue weighted by atomic mass is 32.1. The Hall–Kier alpha value is -2.60. The van der Waals surface area contributed by atoms with Crippen molar-refractivity contribution in [3.05, 3.63) is 63.8 Å². The maximum Gasteiger partial charge on any atom is 0.332 e. The van der Waals surface area contributed by atoms with Crippen LogP contribution in [0.25, 0.3) is 5.69 Å². The van der Waals surface area contributed by atoms with Gasteiger partial charge < -0.3 is 10.1 Å². The van der Waals surface area contributed by atoms with E-state index in [4.69, 9.17) is 4.74 Å². The first-order valence-corrected chi connectivity index (χ1v) is 7.51. The first-order valence-electron chi connectivity index (χ1n) is 6.74. The van der Waals surface area contributed by atoms with Crippen LogP contribution in [0.5, 0.6) is 5.75 Å². The van der Waals surface area contributed by atoms with Gasteiger partial charge in [-0.1, -0.05) is 17.7 Å². The molecule has 3 rings (SSSR count). The van der Waals surface area contributed by atoms with E-state index in [-0.39, 0.29) is 4.87 Å². The summed E-state index contributed by atoms with van der Waals surface area (Å²) in [4.78, 5) is 11.9. The number of benzene rings is 2. The van der Waals surface area contributed by atoms with Crippen molar-refractivity contribution >= 4 is 23.2 Å². The number of hydrogen-bond donors (Lipinski definition) is 1. The van der Waals surface area contributed by atoms with E-state index >= 15 is 0 Å². The van der Waals surface area contributed by atoms with Crippen LogP contribution in [0.2, 0.25) is 0 Å². The highest BCUT2D eigenvalue weighted by Gasteiger charge is 2.11. The van der Waals surface area contributed by atoms with Crippen LogP contribution < -0.4 is 14.9 Å². The zero-order valence-corrected chi connectivity index (χ0v) is 13.1. The summed E-state index contributed by atoms with van der Waals surface area (Å²) in [6.07, 6.45) is 0. The fourth-order valence-corrected chi connectivity index (χ4v) is 2.62. The Morgan fingerprint density at radius 1 is 1.09 bits per heavy atom. The maximum atomic E-state index is 12.1. The Morgan fingerprint density at radius 2 is 1.77 bits per heavy atom. The zero-order chi connectivity index (χ0) is 15.5. The molecule has 0 radical (unpaired) electrons. The normalized spacial score (nSPS) is 10.5. The van der Waals surface area contributed by atoms with Crippen molar-refractivity contribution in [3.63, 3.8) is 0 Å². The van der Waals surface area contributed by atoms with Crippen molar-refractivity contribution < 1.29 is 4.74 Å². The van der Waals surface area contributed by atoms with Crippen LogP contribution in [0.1, 0.15) is 5.56 Å². The van der Waals surface area contributed by atoms with Crippen molar-refractivity contribution in [2.75, 3.05) is 12.4 Å². The maximum absolute atomic E-state index is 12.1. The van der Waals surface area contributed by atoms with E-state index in [2.05, 4.69) is 9.69 Å². The summed E-state index contributed by atoms with van der Waals surface area (Å²) < 4.78 is 10.9. The number of methoxy groups -OCH3 is 1. The third-order valence-electron chi connectivity index (χ3n) is 3.24. The molecule has 1 heterocycles. The molecule has 0 fully saturated rings. The standard InChI is InChI=1S/C16H15N3O2S/c1-11-3-5-12(6-4-11)17-15-18-22-16(20)19(15)13-7-9-14(21-2)10-8-13/h3-10H,1-2H3,(H,17,18). The molecule has 5 nitrogen and oxygen atoms in total. The number of ether oxygens (including phenoxy) is 1. The van der Waals surface area contributed by atoms with Crippen LogP contribution in [0.15, 0.2) is 53.3 Å². The molecule has 0 aliphatic rings. The van der Waals surface area contributed by atoms with Crippen molar-refractivity contribution in [1.29, 1.82) is 0 Å². The molecule has 3 aromatic rings. The molecular formula is C16H15N3O2S. The lowest BCUT2D eigenvalue weighted by molar-refractivity contribution is 0.414. The SMILES string of the molecule is COc1ccc(-n2c(Nc3ccc(C)cc3)nsc2=O)cc1. The minimum absolute atomic E-state index is 0.139. The van der Waals surface area contributed by atoms with Gasteiger partial charge in [-0.25, -0.2) is 4.57 Å². The molecule has 0 bridgehead atoms. The third kappa shape index (κ3) is 2.87. The van der Waals surface area contributed by atoms with Gasteiger partial charge in [0.05, 0.1) is 12.8 Å². The summed E-state index contributed by atoms with van der Waals surface area (Å²) in [5.74, 6) is 1.25. The predicted octanol–water partition coefficient (Wildman–Crippen LogP) is 3.35. The smallest absolute Gasteiger partial charge is 0.332 e. The molecule has 0 aliphatic carbocycles. The van der Waals surface area contributed by atoms with Gasteiger partial charge in [0, 0.05) is 17.2 Å². The van der Waals surface area contributed by atoms with E-state index in [9.17, 15) is 4.79 Å². The molecule has 0 amide bonds. The molecule has 0 spiro atoms. The van der Waals surface area contributed by atoms with Crippen molar-refractivity contribution in [1.82, 2.24) is 8.94 Å². The van der Waals surface area contributed by atoms with Gasteiger partial charge in [-0.3, -0.25) is 4.79 Å². The average Bonchev–Trinajstić information content (AvgIpc) is 2.90. The van der Waals surface area contributed by atoms with Crippen molar-refractivity contribution in [2.45, 2.75) is 6.92 Å². The van der Waals surface area contributed by atoms with Crippen LogP contribution in [0.4, 0.5) is 11.6 Å². The van der Waals surface area contributed by atoms with Gasteiger partial charge in [0.1, 0.15) is 5.75 Å². The number of nitrogens with one attached hydrogen (secondary N) is 1. The number of aromatic nitrogens is 2. The van der Waals surface area contributed by atoms with E-state index in [1.54, 1.807) is 11.7 Å². The first kappa shape index (κ1) is 14.3. The van der Waals surface area contributed by atoms with Gasteiger partial charge in [0.25, 0.3) is 0 Å². The molecule has 22 heavy (non-hydrogen) atoms. The summed E-state index contributed by atoms with van der Waals surface area (Å²) in [6, 6.07) is 15.2. The summed E-state index contributed by atoms with van der Waals surface area (Å²) in [5, 5.41) is 3.18. The predicted molar refractivity (Wildman–Crippen MR) is 88.7 cm³/mol. The first-order chi connectivity index (χ1) is 10.7. The number of nitrogens with zero attached hydrogens (tertiary/aromatic N) is 2. The summed E-state index contributed by atoms with van der Waals surface area (Å²) in [6.45, 7) is 2.03. The molecule has 0 saturated heterocycles. The van der Waals surface area contributed by atoms with E-state index in [0.29, 0.717) is 5.95 Å². The van der Waals surface area contributed by atoms with Gasteiger partial charge in [-0.05, 0) is 43.3 Å². The monoisotopic (exact) mass is 313 g/mol. The Morgan fingerprint density at radius 3 is 2.41 bits per heavy atom. The molecule has 6 heteroatoms. The van der Waals surface area contributed by atoms with Crippen molar-refractivity contribution in [2.24, 2.45) is 0 Å². The molecule has 112 valence electrons. The molecule has 2 aromatic carbocycles. The second kappa shape index (κ2) is 6.03. The van der Waals surface area contributed by atoms with Gasteiger partial charge in [-0.2, -0.15) is 4.37 Å². The van der Waals surface area contributed by atoms with Gasteiger partial charge in [0.15, 0.2) is 0 Å². The Balaban J connectivity index is 1.96. The average molecular weight is 313 g/mol. The molecule has 1 aromatic heterocycles. The third-order valence-corrected chi connectivity index (χ3v) is 3.85. The van der Waals surface area contributed by atoms with Gasteiger partial charge >= 0.3 is 4.87 Å². The number of aryl methyl sites for hydroxylation is 1. The minimum Gasteiger partial charge on any atom is -0.497 e. The largest absolute Gasteiger partial charge is 0.497 e. The lowest BCUT2D eigenvalue weighted by atomic mass is 10.2. The van der Waals surface area contributed by atoms with E-state index in [0.717, 1.165) is 28.7 Å². The van der Waals surface area contributed by atoms with Gasteiger partial charge in [-0.15, -0.1) is 0 Å². The minimum atomic E-state index is -0.139. The molecule has 0 saturated carbocycles. The fraction of sp³-hybridized carbons (Fsp3) is 0.125. The van der Waals surface area contributed by atoms with Crippen LogP contribution in [0, 0.1) is 6.92 Å². The Labute approximate surface area is 132 Å². The van der Waals surface area contributed by atoms with E-state index in [1.807, 2.05) is 55.5 Å². The quantitative estimate of drug-likeness (QED) is 0.802. The number of hydrogen-bond acceptors (Lipinski definition) is 5. The molecule has 0 unspecified atom stereocenters. The fourth-order valence-electron chi connectivity index (χ4n) is 2.05. The molecule has 1 N–H and O–H groups in total. The number of anilines is 2. The van der Waals surface area contributed by atoms with Crippen LogP contribution in [0.3, 0.4) is 0 Å². The van der Waals surface area contributed by atoms with Gasteiger partial charge in [0.2, 0.25) is 5.95 Å². The summed E-state index contributed by atoms with van der Waals surface area (Å²) in [5.41, 5.74) is 2.81. The zero-order valence-electron chi connectivity index (χ0n) is 12.2. The topological polar surface area (TPSA) is 56.1 Å². The summed E-state index contributed by atoms with van der Waals surface area (Å²) >= 11 is 0.922. The lowest BCUT2D eigenvalue weighted by Crippen LogP contribution is -2.13. The van der Waals surface area contributed by atoms with E-state index in [1.165, 1.54) is 5.56 Å². The Kier molecular flexibility index (Phi) is 3.93. The van der Waals surface area contributed by atoms with E-state index < -0.39 is 0 Å². The highest BCUT2D eigenvalue weighted by molar-refractivity contribution is 7.03. The lowest BCUT2D eigenvalue weighted by Gasteiger charge is -2.09. The second-order valence-electron chi connectivity index (χ2n) is 4.80. The summed E-state index contributed by atoms with van der Waals surface area (Å²) in [7, 11) is 1.61. The molecule has 0 atom stereocenters. The number of rotatable bonds is 4. The van der Waals surface area contributed by atoms with Crippen molar-refractivity contribution in [3.8, 4) is 11.4 Å². The molecule has 0 aliphatic heterocycles. The Bertz CT molecular complexity index is 820.